The Labute approximate surface area is 187 Å². The first kappa shape index (κ1) is 22.2. The maximum atomic E-state index is 12.9. The summed E-state index contributed by atoms with van der Waals surface area (Å²) in [6, 6.07) is 8.50. The van der Waals surface area contributed by atoms with Crippen LogP contribution in [0.25, 0.3) is 11.3 Å². The van der Waals surface area contributed by atoms with Crippen molar-refractivity contribution in [3.8, 4) is 11.3 Å². The fourth-order valence-corrected chi connectivity index (χ4v) is 5.54. The Morgan fingerprint density at radius 3 is 2.38 bits per heavy atom. The summed E-state index contributed by atoms with van der Waals surface area (Å²) < 4.78 is 29.0. The zero-order valence-corrected chi connectivity index (χ0v) is 19.5. The molecule has 1 aromatic carbocycles. The lowest BCUT2D eigenvalue weighted by molar-refractivity contribution is 0.0918. The van der Waals surface area contributed by atoms with E-state index in [1.807, 2.05) is 27.8 Å². The zero-order chi connectivity index (χ0) is 23.0. The topological polar surface area (TPSA) is 113 Å². The first-order valence-corrected chi connectivity index (χ1v) is 12.0. The Balaban J connectivity index is 1.38. The van der Waals surface area contributed by atoms with Gasteiger partial charge in [-0.1, -0.05) is 17.7 Å². The monoisotopic (exact) mass is 456 g/mol. The molecule has 0 saturated carbocycles. The van der Waals surface area contributed by atoms with E-state index in [0.717, 1.165) is 22.5 Å². The van der Waals surface area contributed by atoms with Crippen molar-refractivity contribution in [2.24, 2.45) is 7.05 Å². The van der Waals surface area contributed by atoms with Crippen LogP contribution < -0.4 is 5.32 Å². The highest BCUT2D eigenvalue weighted by Gasteiger charge is 2.30. The van der Waals surface area contributed by atoms with Gasteiger partial charge in [-0.15, -0.1) is 0 Å². The van der Waals surface area contributed by atoms with Gasteiger partial charge in [-0.05, 0) is 51.8 Å². The van der Waals surface area contributed by atoms with E-state index in [-0.39, 0.29) is 11.9 Å². The highest BCUT2D eigenvalue weighted by Crippen LogP contribution is 2.25. The van der Waals surface area contributed by atoms with Crippen LogP contribution in [0.3, 0.4) is 0 Å². The second-order valence-electron chi connectivity index (χ2n) is 8.30. The van der Waals surface area contributed by atoms with Crippen LogP contribution in [0.1, 0.15) is 40.3 Å². The number of piperidine rings is 1. The van der Waals surface area contributed by atoms with Gasteiger partial charge in [0.15, 0.2) is 0 Å². The number of aryl methyl sites for hydroxylation is 3. The van der Waals surface area contributed by atoms with E-state index in [4.69, 9.17) is 0 Å². The number of aromatic amines is 1. The van der Waals surface area contributed by atoms with Gasteiger partial charge < -0.3 is 5.32 Å². The maximum absolute atomic E-state index is 12.9. The van der Waals surface area contributed by atoms with Crippen molar-refractivity contribution in [1.29, 1.82) is 0 Å². The van der Waals surface area contributed by atoms with Crippen LogP contribution in [-0.4, -0.2) is 57.7 Å². The molecule has 32 heavy (non-hydrogen) atoms. The predicted octanol–water partition coefficient (Wildman–Crippen LogP) is 2.32. The van der Waals surface area contributed by atoms with Crippen molar-refractivity contribution in [3.05, 3.63) is 53.0 Å². The molecule has 3 heterocycles. The number of hydrogen-bond acceptors (Lipinski definition) is 5. The Kier molecular flexibility index (Phi) is 5.91. The molecule has 1 amide bonds. The Morgan fingerprint density at radius 2 is 1.78 bits per heavy atom. The van der Waals surface area contributed by atoms with Crippen molar-refractivity contribution >= 4 is 15.9 Å². The van der Waals surface area contributed by atoms with Crippen LogP contribution >= 0.6 is 0 Å². The molecule has 3 aromatic rings. The Hall–Kier alpha value is -2.98. The number of benzene rings is 1. The lowest BCUT2D eigenvalue weighted by atomic mass is 10.1. The number of rotatable bonds is 5. The van der Waals surface area contributed by atoms with Gasteiger partial charge in [0.1, 0.15) is 5.69 Å². The smallest absolute Gasteiger partial charge is 0.269 e. The van der Waals surface area contributed by atoms with Crippen LogP contribution in [0.4, 0.5) is 0 Å². The molecule has 0 radical (unpaired) electrons. The zero-order valence-electron chi connectivity index (χ0n) is 18.7. The highest BCUT2D eigenvalue weighted by molar-refractivity contribution is 7.89. The highest BCUT2D eigenvalue weighted by atomic mass is 32.2. The Bertz CT molecular complexity index is 1240. The molecule has 0 spiro atoms. The van der Waals surface area contributed by atoms with E-state index in [9.17, 15) is 13.2 Å². The van der Waals surface area contributed by atoms with Crippen LogP contribution in [-0.2, 0) is 17.1 Å². The lowest BCUT2D eigenvalue weighted by Gasteiger charge is -2.31. The van der Waals surface area contributed by atoms with E-state index in [1.165, 1.54) is 4.31 Å². The third-order valence-electron chi connectivity index (χ3n) is 6.04. The molecule has 170 valence electrons. The standard InChI is InChI=1S/C22H28N6O3S/c1-14-5-7-18(8-6-14)32(30,31)28-11-9-17(10-12-28)23-22(29)20-13-19(24-25-20)21-15(2)26-27(4)16(21)3/h5-8,13,17H,9-12H2,1-4H3,(H,23,29)(H,24,25). The van der Waals surface area contributed by atoms with Gasteiger partial charge in [0, 0.05) is 37.4 Å². The summed E-state index contributed by atoms with van der Waals surface area (Å²) in [6.07, 6.45) is 1.11. The normalized spacial score (nSPS) is 15.8. The number of aromatic nitrogens is 4. The van der Waals surface area contributed by atoms with Crippen molar-refractivity contribution in [1.82, 2.24) is 29.6 Å². The van der Waals surface area contributed by atoms with Crippen LogP contribution in [0.5, 0.6) is 0 Å². The quantitative estimate of drug-likeness (QED) is 0.612. The first-order valence-electron chi connectivity index (χ1n) is 10.6. The fourth-order valence-electron chi connectivity index (χ4n) is 4.07. The molecule has 4 rings (SSSR count). The van der Waals surface area contributed by atoms with Crippen LogP contribution in [0, 0.1) is 20.8 Å². The van der Waals surface area contributed by atoms with Gasteiger partial charge in [0.05, 0.1) is 16.3 Å². The molecule has 0 atom stereocenters. The fraction of sp³-hybridized carbons (Fsp3) is 0.409. The maximum Gasteiger partial charge on any atom is 0.269 e. The minimum absolute atomic E-state index is 0.0967. The van der Waals surface area contributed by atoms with Crippen LogP contribution in [0.2, 0.25) is 0 Å². The molecule has 1 fully saturated rings. The van der Waals surface area contributed by atoms with E-state index in [0.29, 0.717) is 42.2 Å². The van der Waals surface area contributed by atoms with Crippen molar-refractivity contribution in [3.63, 3.8) is 0 Å². The van der Waals surface area contributed by atoms with E-state index < -0.39 is 10.0 Å². The molecule has 1 aliphatic rings. The third kappa shape index (κ3) is 4.20. The number of nitrogens with one attached hydrogen (secondary N) is 2. The minimum Gasteiger partial charge on any atom is -0.348 e. The van der Waals surface area contributed by atoms with Crippen molar-refractivity contribution in [2.75, 3.05) is 13.1 Å². The van der Waals surface area contributed by atoms with Gasteiger partial charge in [-0.25, -0.2) is 8.42 Å². The van der Waals surface area contributed by atoms with Gasteiger partial charge >= 0.3 is 0 Å². The minimum atomic E-state index is -3.52. The molecule has 0 bridgehead atoms. The van der Waals surface area contributed by atoms with Crippen molar-refractivity contribution < 1.29 is 13.2 Å². The third-order valence-corrected chi connectivity index (χ3v) is 7.95. The Morgan fingerprint density at radius 1 is 1.12 bits per heavy atom. The number of sulfonamides is 1. The largest absolute Gasteiger partial charge is 0.348 e. The number of amides is 1. The summed E-state index contributed by atoms with van der Waals surface area (Å²) in [5.41, 5.74) is 4.81. The molecule has 2 aromatic heterocycles. The summed E-state index contributed by atoms with van der Waals surface area (Å²) in [6.45, 7) is 6.52. The average Bonchev–Trinajstić information content (AvgIpc) is 3.33. The molecule has 0 unspecified atom stereocenters. The SMILES string of the molecule is Cc1ccc(S(=O)(=O)N2CCC(NC(=O)c3cc(-c4c(C)nn(C)c4C)n[nH]3)CC2)cc1. The summed E-state index contributed by atoms with van der Waals surface area (Å²) in [5.74, 6) is -0.247. The predicted molar refractivity (Wildman–Crippen MR) is 121 cm³/mol. The van der Waals surface area contributed by atoms with Gasteiger partial charge in [0.2, 0.25) is 10.0 Å². The molecule has 1 aliphatic heterocycles. The van der Waals surface area contributed by atoms with E-state index in [1.54, 1.807) is 35.0 Å². The summed E-state index contributed by atoms with van der Waals surface area (Å²) in [7, 11) is -1.65. The number of carbonyl (C=O) groups is 1. The van der Waals surface area contributed by atoms with Crippen LogP contribution in [0.15, 0.2) is 35.2 Å². The number of H-pyrrole nitrogens is 1. The number of nitrogens with zero attached hydrogens (tertiary/aromatic N) is 4. The average molecular weight is 457 g/mol. The van der Waals surface area contributed by atoms with E-state index >= 15 is 0 Å². The molecule has 0 aliphatic carbocycles. The van der Waals surface area contributed by atoms with Gasteiger partial charge in [0.25, 0.3) is 5.91 Å². The molecule has 1 saturated heterocycles. The molecule has 9 nitrogen and oxygen atoms in total. The number of carbonyl (C=O) groups excluding carboxylic acids is 1. The first-order chi connectivity index (χ1) is 15.2. The molecule has 2 N–H and O–H groups in total. The van der Waals surface area contributed by atoms with Crippen molar-refractivity contribution in [2.45, 2.75) is 44.6 Å². The molecule has 10 heteroatoms. The lowest BCUT2D eigenvalue weighted by Crippen LogP contribution is -2.46. The van der Waals surface area contributed by atoms with Gasteiger partial charge in [-0.2, -0.15) is 14.5 Å². The molecular weight excluding hydrogens is 428 g/mol. The second-order valence-corrected chi connectivity index (χ2v) is 10.2. The van der Waals surface area contributed by atoms with E-state index in [2.05, 4.69) is 20.6 Å². The summed E-state index contributed by atoms with van der Waals surface area (Å²) >= 11 is 0. The molecular formula is C22H28N6O3S. The second kappa shape index (κ2) is 8.51. The number of hydrogen-bond donors (Lipinski definition) is 2. The van der Waals surface area contributed by atoms with Gasteiger partial charge in [-0.3, -0.25) is 14.6 Å². The summed E-state index contributed by atoms with van der Waals surface area (Å²) in [5, 5.41) is 14.5. The summed E-state index contributed by atoms with van der Waals surface area (Å²) in [4.78, 5) is 13.0.